The lowest BCUT2D eigenvalue weighted by atomic mass is 10.1. The monoisotopic (exact) mass is 269 g/mol. The van der Waals surface area contributed by atoms with E-state index in [2.05, 4.69) is 6.07 Å². The number of nitrogens with zero attached hydrogens (tertiary/aromatic N) is 1. The average Bonchev–Trinajstić information content (AvgIpc) is 2.74. The normalized spacial score (nSPS) is 17.1. The number of hydrogen-bond acceptors (Lipinski definition) is 1. The minimum Gasteiger partial charge on any atom is -0.309 e. The largest absolute Gasteiger partial charge is 0.309 e. The van der Waals surface area contributed by atoms with Gasteiger partial charge >= 0.3 is 0 Å². The van der Waals surface area contributed by atoms with Crippen molar-refractivity contribution >= 4 is 11.6 Å². The van der Waals surface area contributed by atoms with Crippen LogP contribution in [0.1, 0.15) is 18.1 Å². The summed E-state index contributed by atoms with van der Waals surface area (Å²) in [7, 11) is 0. The fraction of sp³-hybridized carbons (Fsp3) is 0.235. The molecule has 1 unspecified atom stereocenters. The fourth-order valence-electron chi connectivity index (χ4n) is 2.85. The molecule has 102 valence electrons. The molecule has 1 aliphatic rings. The summed E-state index contributed by atoms with van der Waals surface area (Å²) in [4.78, 5) is 14.3. The van der Waals surface area contributed by atoms with Crippen LogP contribution in [0.2, 0.25) is 0 Å². The highest BCUT2D eigenvalue weighted by molar-refractivity contribution is 5.97. The van der Waals surface area contributed by atoms with E-state index in [1.165, 1.54) is 17.7 Å². The second-order valence-electron chi connectivity index (χ2n) is 5.25. The quantitative estimate of drug-likeness (QED) is 0.818. The smallest absolute Gasteiger partial charge is 0.231 e. The van der Waals surface area contributed by atoms with Gasteiger partial charge in [0.1, 0.15) is 5.82 Å². The Hall–Kier alpha value is -2.16. The fourth-order valence-corrected chi connectivity index (χ4v) is 2.85. The van der Waals surface area contributed by atoms with Crippen molar-refractivity contribution in [2.24, 2.45) is 0 Å². The molecule has 0 spiro atoms. The standard InChI is InChI=1S/C17H16FNO/c1-12-9-14-6-2-3-8-16(14)19(12)17(20)11-13-5-4-7-15(18)10-13/h2-8,10,12H,9,11H2,1H3. The zero-order chi connectivity index (χ0) is 14.1. The van der Waals surface area contributed by atoms with Gasteiger partial charge in [-0.15, -0.1) is 0 Å². The van der Waals surface area contributed by atoms with E-state index in [-0.39, 0.29) is 24.2 Å². The SMILES string of the molecule is CC1Cc2ccccc2N1C(=O)Cc1cccc(F)c1. The molecule has 3 rings (SSSR count). The maximum atomic E-state index is 13.2. The van der Waals surface area contributed by atoms with Crippen LogP contribution in [0.15, 0.2) is 48.5 Å². The number of halogens is 1. The minimum atomic E-state index is -0.301. The summed E-state index contributed by atoms with van der Waals surface area (Å²) in [5, 5.41) is 0. The van der Waals surface area contributed by atoms with Crippen molar-refractivity contribution in [2.75, 3.05) is 4.90 Å². The molecule has 1 atom stereocenters. The summed E-state index contributed by atoms with van der Waals surface area (Å²) in [5.41, 5.74) is 2.90. The Labute approximate surface area is 117 Å². The maximum absolute atomic E-state index is 13.2. The van der Waals surface area contributed by atoms with Gasteiger partial charge in [-0.3, -0.25) is 4.79 Å². The van der Waals surface area contributed by atoms with E-state index in [0.717, 1.165) is 12.1 Å². The molecule has 0 saturated heterocycles. The van der Waals surface area contributed by atoms with E-state index in [1.807, 2.05) is 30.0 Å². The van der Waals surface area contributed by atoms with Crippen molar-refractivity contribution in [3.8, 4) is 0 Å². The van der Waals surface area contributed by atoms with Gasteiger partial charge in [-0.2, -0.15) is 0 Å². The Morgan fingerprint density at radius 2 is 2.05 bits per heavy atom. The molecule has 0 N–H and O–H groups in total. The van der Waals surface area contributed by atoms with Crippen molar-refractivity contribution < 1.29 is 9.18 Å². The van der Waals surface area contributed by atoms with E-state index in [4.69, 9.17) is 0 Å². The molecule has 20 heavy (non-hydrogen) atoms. The highest BCUT2D eigenvalue weighted by Gasteiger charge is 2.30. The molecule has 2 aromatic carbocycles. The number of carbonyl (C=O) groups is 1. The lowest BCUT2D eigenvalue weighted by molar-refractivity contribution is -0.118. The predicted octanol–water partition coefficient (Wildman–Crippen LogP) is 3.35. The number of fused-ring (bicyclic) bond motifs is 1. The van der Waals surface area contributed by atoms with Gasteiger partial charge in [0.25, 0.3) is 0 Å². The van der Waals surface area contributed by atoms with Crippen molar-refractivity contribution in [3.63, 3.8) is 0 Å². The number of anilines is 1. The molecule has 3 heteroatoms. The Bertz CT molecular complexity index is 653. The van der Waals surface area contributed by atoms with E-state index in [9.17, 15) is 9.18 Å². The highest BCUT2D eigenvalue weighted by atomic mass is 19.1. The first-order chi connectivity index (χ1) is 9.65. The number of hydrogen-bond donors (Lipinski definition) is 0. The lowest BCUT2D eigenvalue weighted by Gasteiger charge is -2.22. The molecule has 0 saturated carbocycles. The number of amides is 1. The van der Waals surface area contributed by atoms with Gasteiger partial charge in [-0.25, -0.2) is 4.39 Å². The number of benzene rings is 2. The molecular formula is C17H16FNO. The Kier molecular flexibility index (Phi) is 3.26. The topological polar surface area (TPSA) is 20.3 Å². The van der Waals surface area contributed by atoms with Gasteiger partial charge in [0, 0.05) is 11.7 Å². The van der Waals surface area contributed by atoms with Crippen LogP contribution in [-0.4, -0.2) is 11.9 Å². The first-order valence-corrected chi connectivity index (χ1v) is 6.79. The third-order valence-electron chi connectivity index (χ3n) is 3.72. The van der Waals surface area contributed by atoms with E-state index < -0.39 is 0 Å². The number of para-hydroxylation sites is 1. The predicted molar refractivity (Wildman–Crippen MR) is 77.2 cm³/mol. The molecule has 0 fully saturated rings. The maximum Gasteiger partial charge on any atom is 0.231 e. The van der Waals surface area contributed by atoms with Crippen LogP contribution in [0.25, 0.3) is 0 Å². The van der Waals surface area contributed by atoms with Gasteiger partial charge in [0.2, 0.25) is 5.91 Å². The van der Waals surface area contributed by atoms with E-state index in [0.29, 0.717) is 5.56 Å². The Balaban J connectivity index is 1.84. The van der Waals surface area contributed by atoms with E-state index >= 15 is 0 Å². The molecule has 1 amide bonds. The second-order valence-corrected chi connectivity index (χ2v) is 5.25. The molecule has 0 aliphatic carbocycles. The zero-order valence-electron chi connectivity index (χ0n) is 11.3. The summed E-state index contributed by atoms with van der Waals surface area (Å²) in [6.07, 6.45) is 1.11. The Morgan fingerprint density at radius 1 is 1.25 bits per heavy atom. The van der Waals surface area contributed by atoms with Crippen LogP contribution in [0, 0.1) is 5.82 Å². The third kappa shape index (κ3) is 2.31. The van der Waals surface area contributed by atoms with Crippen molar-refractivity contribution in [2.45, 2.75) is 25.8 Å². The average molecular weight is 269 g/mol. The van der Waals surface area contributed by atoms with Crippen LogP contribution < -0.4 is 4.90 Å². The number of carbonyl (C=O) groups excluding carboxylic acids is 1. The summed E-state index contributed by atoms with van der Waals surface area (Å²) >= 11 is 0. The van der Waals surface area contributed by atoms with Crippen LogP contribution in [-0.2, 0) is 17.6 Å². The minimum absolute atomic E-state index is 0.0213. The molecule has 0 aromatic heterocycles. The van der Waals surface area contributed by atoms with Gasteiger partial charge < -0.3 is 4.90 Å². The van der Waals surface area contributed by atoms with Gasteiger partial charge in [0.05, 0.1) is 6.42 Å². The van der Waals surface area contributed by atoms with Crippen molar-refractivity contribution in [1.29, 1.82) is 0 Å². The third-order valence-corrected chi connectivity index (χ3v) is 3.72. The van der Waals surface area contributed by atoms with Gasteiger partial charge in [-0.1, -0.05) is 30.3 Å². The zero-order valence-corrected chi connectivity index (χ0v) is 11.3. The van der Waals surface area contributed by atoms with Crippen molar-refractivity contribution in [1.82, 2.24) is 0 Å². The first-order valence-electron chi connectivity index (χ1n) is 6.79. The summed E-state index contributed by atoms with van der Waals surface area (Å²) < 4.78 is 13.2. The lowest BCUT2D eigenvalue weighted by Crippen LogP contribution is -2.36. The summed E-state index contributed by atoms with van der Waals surface area (Å²) in [5.74, 6) is -0.279. The van der Waals surface area contributed by atoms with E-state index in [1.54, 1.807) is 12.1 Å². The molecule has 1 aliphatic heterocycles. The Morgan fingerprint density at radius 3 is 2.85 bits per heavy atom. The number of rotatable bonds is 2. The van der Waals surface area contributed by atoms with Gasteiger partial charge in [0.15, 0.2) is 0 Å². The molecule has 0 radical (unpaired) electrons. The van der Waals surface area contributed by atoms with Crippen LogP contribution >= 0.6 is 0 Å². The molecule has 2 nitrogen and oxygen atoms in total. The van der Waals surface area contributed by atoms with Crippen LogP contribution in [0.3, 0.4) is 0 Å². The molecule has 1 heterocycles. The highest BCUT2D eigenvalue weighted by Crippen LogP contribution is 2.32. The molecule has 0 bridgehead atoms. The molecular weight excluding hydrogens is 253 g/mol. The van der Waals surface area contributed by atoms with Crippen molar-refractivity contribution in [3.05, 3.63) is 65.5 Å². The summed E-state index contributed by atoms with van der Waals surface area (Å²) in [6.45, 7) is 2.05. The summed E-state index contributed by atoms with van der Waals surface area (Å²) in [6, 6.07) is 14.4. The van der Waals surface area contributed by atoms with Gasteiger partial charge in [-0.05, 0) is 42.7 Å². The molecule has 2 aromatic rings. The van der Waals surface area contributed by atoms with Crippen LogP contribution in [0.5, 0.6) is 0 Å². The second kappa shape index (κ2) is 5.08. The first kappa shape index (κ1) is 12.9. The van der Waals surface area contributed by atoms with Crippen LogP contribution in [0.4, 0.5) is 10.1 Å².